The van der Waals surface area contributed by atoms with Crippen molar-refractivity contribution in [2.45, 2.75) is 65.7 Å². The quantitative estimate of drug-likeness (QED) is 0.559. The Morgan fingerprint density at radius 1 is 1.11 bits per heavy atom. The van der Waals surface area contributed by atoms with Crippen LogP contribution >= 0.6 is 7.82 Å². The first-order valence-corrected chi connectivity index (χ1v) is 8.62. The smallest absolute Gasteiger partial charge is 0.303 e. The first-order valence-electron chi connectivity index (χ1n) is 7.09. The van der Waals surface area contributed by atoms with Gasteiger partial charge in [-0.15, -0.1) is 0 Å². The van der Waals surface area contributed by atoms with Crippen molar-refractivity contribution in [3.63, 3.8) is 0 Å². The van der Waals surface area contributed by atoms with E-state index in [2.05, 4.69) is 25.3 Å². The number of hydrogen-bond acceptors (Lipinski definition) is 2. The summed E-state index contributed by atoms with van der Waals surface area (Å²) in [5.41, 5.74) is 0. The van der Waals surface area contributed by atoms with Gasteiger partial charge in [0.15, 0.2) is 0 Å². The Balaban J connectivity index is 3.67. The number of phosphoric ester groups is 1. The van der Waals surface area contributed by atoms with Gasteiger partial charge in [0, 0.05) is 0 Å². The highest BCUT2D eigenvalue weighted by Crippen LogP contribution is 2.36. The second-order valence-electron chi connectivity index (χ2n) is 5.21. The van der Waals surface area contributed by atoms with Crippen LogP contribution in [0.4, 0.5) is 0 Å². The van der Waals surface area contributed by atoms with E-state index in [1.165, 1.54) is 32.1 Å². The zero-order valence-electron chi connectivity index (χ0n) is 12.0. The lowest BCUT2D eigenvalue weighted by atomic mass is 9.90. The fourth-order valence-electron chi connectivity index (χ4n) is 2.08. The standard InChI is InChI=1S/C13H29O4P/c1-4-6-7-13(5-2)9-8-12(3)10-11-17-18(14,15)16/h12-13H,4-11H2,1-3H3,(H2,14,15,16). The monoisotopic (exact) mass is 280 g/mol. The van der Waals surface area contributed by atoms with Gasteiger partial charge in [0.2, 0.25) is 0 Å². The molecule has 0 bridgehead atoms. The van der Waals surface area contributed by atoms with Crippen LogP contribution in [0.25, 0.3) is 0 Å². The summed E-state index contributed by atoms with van der Waals surface area (Å²) in [4.78, 5) is 17.1. The molecular weight excluding hydrogens is 251 g/mol. The lowest BCUT2D eigenvalue weighted by Crippen LogP contribution is -2.05. The van der Waals surface area contributed by atoms with Gasteiger partial charge in [0.1, 0.15) is 0 Å². The number of unbranched alkanes of at least 4 members (excludes halogenated alkanes) is 1. The van der Waals surface area contributed by atoms with Crippen LogP contribution in [0.2, 0.25) is 0 Å². The van der Waals surface area contributed by atoms with E-state index in [1.807, 2.05) is 0 Å². The Morgan fingerprint density at radius 2 is 1.78 bits per heavy atom. The van der Waals surface area contributed by atoms with Crippen LogP contribution < -0.4 is 0 Å². The molecule has 18 heavy (non-hydrogen) atoms. The molecule has 2 N–H and O–H groups in total. The van der Waals surface area contributed by atoms with Gasteiger partial charge in [-0.2, -0.15) is 0 Å². The largest absolute Gasteiger partial charge is 0.469 e. The molecule has 5 heteroatoms. The van der Waals surface area contributed by atoms with Gasteiger partial charge in [-0.25, -0.2) is 4.57 Å². The van der Waals surface area contributed by atoms with E-state index in [0.717, 1.165) is 18.8 Å². The van der Waals surface area contributed by atoms with Crippen molar-refractivity contribution in [1.29, 1.82) is 0 Å². The molecule has 0 aliphatic carbocycles. The van der Waals surface area contributed by atoms with E-state index >= 15 is 0 Å². The molecule has 2 atom stereocenters. The van der Waals surface area contributed by atoms with Gasteiger partial charge in [-0.3, -0.25) is 4.52 Å². The Morgan fingerprint density at radius 3 is 2.28 bits per heavy atom. The van der Waals surface area contributed by atoms with Gasteiger partial charge in [-0.05, 0) is 18.3 Å². The molecule has 0 fully saturated rings. The Kier molecular flexibility index (Phi) is 10.0. The minimum Gasteiger partial charge on any atom is -0.303 e. The second kappa shape index (κ2) is 9.96. The summed E-state index contributed by atoms with van der Waals surface area (Å²) in [6, 6.07) is 0. The molecule has 0 aromatic carbocycles. The first kappa shape index (κ1) is 18.1. The van der Waals surface area contributed by atoms with E-state index in [4.69, 9.17) is 9.79 Å². The molecule has 0 rings (SSSR count). The van der Waals surface area contributed by atoms with Crippen molar-refractivity contribution in [2.24, 2.45) is 11.8 Å². The van der Waals surface area contributed by atoms with Gasteiger partial charge < -0.3 is 9.79 Å². The summed E-state index contributed by atoms with van der Waals surface area (Å²) >= 11 is 0. The summed E-state index contributed by atoms with van der Waals surface area (Å²) in [5.74, 6) is 1.27. The lowest BCUT2D eigenvalue weighted by molar-refractivity contribution is 0.183. The van der Waals surface area contributed by atoms with Crippen molar-refractivity contribution in [1.82, 2.24) is 0 Å². The Bertz CT molecular complexity index is 239. The average Bonchev–Trinajstić information content (AvgIpc) is 2.27. The van der Waals surface area contributed by atoms with Crippen molar-refractivity contribution < 1.29 is 18.9 Å². The maximum atomic E-state index is 10.5. The average molecular weight is 280 g/mol. The van der Waals surface area contributed by atoms with Crippen LogP contribution in [0.15, 0.2) is 0 Å². The predicted octanol–water partition coefficient (Wildman–Crippen LogP) is 4.12. The van der Waals surface area contributed by atoms with E-state index < -0.39 is 7.82 Å². The summed E-state index contributed by atoms with van der Waals surface area (Å²) in [6.07, 6.45) is 8.14. The van der Waals surface area contributed by atoms with Crippen molar-refractivity contribution >= 4 is 7.82 Å². The number of rotatable bonds is 11. The van der Waals surface area contributed by atoms with Gasteiger partial charge >= 0.3 is 7.82 Å². The molecule has 0 heterocycles. The highest BCUT2D eigenvalue weighted by Gasteiger charge is 2.14. The fraction of sp³-hybridized carbons (Fsp3) is 1.00. The SMILES string of the molecule is CCCCC(CC)CCC(C)CCOP(=O)(O)O. The van der Waals surface area contributed by atoms with Gasteiger partial charge in [-0.1, -0.05) is 59.3 Å². The molecule has 0 aliphatic heterocycles. The lowest BCUT2D eigenvalue weighted by Gasteiger charge is -2.17. The van der Waals surface area contributed by atoms with Gasteiger partial charge in [0.05, 0.1) is 6.61 Å². The number of hydrogen-bond donors (Lipinski definition) is 2. The molecule has 0 amide bonds. The van der Waals surface area contributed by atoms with Crippen LogP contribution in [-0.4, -0.2) is 16.4 Å². The molecule has 0 aliphatic rings. The molecule has 2 unspecified atom stereocenters. The van der Waals surface area contributed by atoms with E-state index in [0.29, 0.717) is 5.92 Å². The van der Waals surface area contributed by atoms with Crippen molar-refractivity contribution in [2.75, 3.05) is 6.61 Å². The maximum Gasteiger partial charge on any atom is 0.469 e. The molecule has 4 nitrogen and oxygen atoms in total. The normalized spacial score (nSPS) is 15.6. The highest BCUT2D eigenvalue weighted by molar-refractivity contribution is 7.46. The van der Waals surface area contributed by atoms with E-state index in [1.54, 1.807) is 0 Å². The first-order chi connectivity index (χ1) is 8.39. The summed E-state index contributed by atoms with van der Waals surface area (Å²) in [5, 5.41) is 0. The Hall–Kier alpha value is 0.110. The van der Waals surface area contributed by atoms with Gasteiger partial charge in [0.25, 0.3) is 0 Å². The minimum atomic E-state index is -4.28. The summed E-state index contributed by atoms with van der Waals surface area (Å²) < 4.78 is 15.0. The molecule has 0 spiro atoms. The zero-order valence-corrected chi connectivity index (χ0v) is 12.9. The van der Waals surface area contributed by atoms with Crippen molar-refractivity contribution in [3.05, 3.63) is 0 Å². The topological polar surface area (TPSA) is 66.8 Å². The van der Waals surface area contributed by atoms with Crippen LogP contribution in [-0.2, 0) is 9.09 Å². The third-order valence-electron chi connectivity index (χ3n) is 3.48. The molecular formula is C13H29O4P. The second-order valence-corrected chi connectivity index (χ2v) is 6.45. The van der Waals surface area contributed by atoms with Crippen LogP contribution in [0, 0.1) is 11.8 Å². The highest BCUT2D eigenvalue weighted by atomic mass is 31.2. The molecule has 0 aromatic heterocycles. The van der Waals surface area contributed by atoms with Crippen LogP contribution in [0.3, 0.4) is 0 Å². The molecule has 0 saturated carbocycles. The van der Waals surface area contributed by atoms with Crippen LogP contribution in [0.1, 0.15) is 65.7 Å². The third kappa shape index (κ3) is 11.2. The molecule has 0 aromatic rings. The molecule has 0 radical (unpaired) electrons. The van der Waals surface area contributed by atoms with E-state index in [9.17, 15) is 4.57 Å². The fourth-order valence-corrected chi connectivity index (χ4v) is 2.43. The predicted molar refractivity (Wildman–Crippen MR) is 74.3 cm³/mol. The molecule has 110 valence electrons. The summed E-state index contributed by atoms with van der Waals surface area (Å²) in [7, 11) is -4.28. The Labute approximate surface area is 111 Å². The van der Waals surface area contributed by atoms with Crippen LogP contribution in [0.5, 0.6) is 0 Å². The third-order valence-corrected chi connectivity index (χ3v) is 4.00. The van der Waals surface area contributed by atoms with Crippen molar-refractivity contribution in [3.8, 4) is 0 Å². The maximum absolute atomic E-state index is 10.5. The number of phosphoric acid groups is 1. The zero-order chi connectivity index (χ0) is 14.0. The van der Waals surface area contributed by atoms with E-state index in [-0.39, 0.29) is 6.61 Å². The minimum absolute atomic E-state index is 0.150. The molecule has 0 saturated heterocycles. The summed E-state index contributed by atoms with van der Waals surface area (Å²) in [6.45, 7) is 6.73.